The van der Waals surface area contributed by atoms with Crippen molar-refractivity contribution in [1.82, 2.24) is 10.2 Å². The number of fused-ring (bicyclic) bond motifs is 2. The van der Waals surface area contributed by atoms with Crippen molar-refractivity contribution in [3.63, 3.8) is 0 Å². The number of hydrogen-bond acceptors (Lipinski definition) is 6. The van der Waals surface area contributed by atoms with Gasteiger partial charge < -0.3 is 29.7 Å². The van der Waals surface area contributed by atoms with Crippen LogP contribution in [0.3, 0.4) is 0 Å². The molecule has 2 aromatic carbocycles. The lowest BCUT2D eigenvalue weighted by molar-refractivity contribution is -0.134. The zero-order chi connectivity index (χ0) is 26.5. The molecule has 0 spiro atoms. The van der Waals surface area contributed by atoms with Gasteiger partial charge in [-0.15, -0.1) is 0 Å². The van der Waals surface area contributed by atoms with Gasteiger partial charge in [0.05, 0.1) is 31.2 Å². The van der Waals surface area contributed by atoms with Crippen molar-refractivity contribution in [3.05, 3.63) is 53.6 Å². The smallest absolute Gasteiger partial charge is 0.257 e. The van der Waals surface area contributed by atoms with Gasteiger partial charge in [-0.25, -0.2) is 0 Å². The van der Waals surface area contributed by atoms with E-state index in [-0.39, 0.29) is 54.9 Å². The highest BCUT2D eigenvalue weighted by Gasteiger charge is 2.39. The van der Waals surface area contributed by atoms with E-state index in [1.807, 2.05) is 38.1 Å². The number of methoxy groups -OCH3 is 1. The molecule has 3 amide bonds. The van der Waals surface area contributed by atoms with Crippen LogP contribution in [0.25, 0.3) is 0 Å². The van der Waals surface area contributed by atoms with Gasteiger partial charge in [0, 0.05) is 25.2 Å². The first kappa shape index (κ1) is 26.5. The number of amides is 3. The predicted octanol–water partition coefficient (Wildman–Crippen LogP) is 3.38. The molecule has 2 aliphatic heterocycles. The van der Waals surface area contributed by atoms with E-state index in [4.69, 9.17) is 14.2 Å². The minimum absolute atomic E-state index is 0.0863. The maximum absolute atomic E-state index is 13.3. The third-order valence-corrected chi connectivity index (χ3v) is 6.87. The minimum Gasteiger partial charge on any atom is -0.497 e. The normalized spacial score (nSPS) is 21.2. The van der Waals surface area contributed by atoms with Crippen LogP contribution in [0.1, 0.15) is 49.0 Å². The topological polar surface area (TPSA) is 106 Å². The van der Waals surface area contributed by atoms with Gasteiger partial charge in [-0.2, -0.15) is 0 Å². The van der Waals surface area contributed by atoms with Crippen LogP contribution < -0.4 is 20.1 Å². The summed E-state index contributed by atoms with van der Waals surface area (Å²) in [6.45, 7) is 4.31. The monoisotopic (exact) mass is 509 g/mol. The third-order valence-electron chi connectivity index (χ3n) is 6.87. The molecule has 2 aromatic rings. The number of rotatable bonds is 7. The fourth-order valence-electron chi connectivity index (χ4n) is 4.61. The van der Waals surface area contributed by atoms with Crippen LogP contribution in [0.15, 0.2) is 42.5 Å². The van der Waals surface area contributed by atoms with Gasteiger partial charge in [0.15, 0.2) is 0 Å². The van der Waals surface area contributed by atoms with Gasteiger partial charge in [-0.05, 0) is 48.7 Å². The number of anilines is 1. The van der Waals surface area contributed by atoms with Gasteiger partial charge in [-0.3, -0.25) is 14.4 Å². The molecule has 0 aromatic heterocycles. The Morgan fingerprint density at radius 1 is 1.14 bits per heavy atom. The van der Waals surface area contributed by atoms with Gasteiger partial charge in [0.1, 0.15) is 24.2 Å². The number of hydrogen-bond donors (Lipinski definition) is 2. The summed E-state index contributed by atoms with van der Waals surface area (Å²) >= 11 is 0. The van der Waals surface area contributed by atoms with E-state index < -0.39 is 0 Å². The Morgan fingerprint density at radius 3 is 2.59 bits per heavy atom. The SMILES string of the molecule is COc1ccc(CNC(=O)C[C@@H]2CC[C@H]3[C@@H](COc4ccc(NC(=O)C(C)C)cc4C(=O)N3C)O2)cc1. The Bertz CT molecular complexity index is 1130. The molecular formula is C28H35N3O6. The second kappa shape index (κ2) is 11.6. The van der Waals surface area contributed by atoms with Crippen LogP contribution in [-0.2, 0) is 20.9 Å². The molecule has 2 aliphatic rings. The second-order valence-corrected chi connectivity index (χ2v) is 9.85. The van der Waals surface area contributed by atoms with Gasteiger partial charge in [0.2, 0.25) is 11.8 Å². The van der Waals surface area contributed by atoms with Gasteiger partial charge >= 0.3 is 0 Å². The molecule has 37 heavy (non-hydrogen) atoms. The summed E-state index contributed by atoms with van der Waals surface area (Å²) in [6, 6.07) is 12.5. The standard InChI is InChI=1S/C28H35N3O6/c1-17(2)27(33)30-19-7-12-24-22(13-19)28(34)31(3)23-11-10-21(37-25(23)16-36-24)14-26(32)29-15-18-5-8-20(35-4)9-6-18/h5-9,12-13,17,21,23,25H,10-11,14-16H2,1-4H3,(H,29,32)(H,30,33)/t21-,23-,25+/m0/s1. The highest BCUT2D eigenvalue weighted by Crippen LogP contribution is 2.32. The maximum Gasteiger partial charge on any atom is 0.257 e. The number of nitrogens with one attached hydrogen (secondary N) is 2. The molecule has 0 bridgehead atoms. The van der Waals surface area contributed by atoms with Crippen molar-refractivity contribution in [2.24, 2.45) is 5.92 Å². The second-order valence-electron chi connectivity index (χ2n) is 9.85. The number of ether oxygens (including phenoxy) is 3. The number of carbonyl (C=O) groups excluding carboxylic acids is 3. The first-order valence-corrected chi connectivity index (χ1v) is 12.6. The molecular weight excluding hydrogens is 474 g/mol. The lowest BCUT2D eigenvalue weighted by Crippen LogP contribution is -2.53. The molecule has 3 atom stereocenters. The van der Waals surface area contributed by atoms with Crippen molar-refractivity contribution < 1.29 is 28.6 Å². The van der Waals surface area contributed by atoms with Crippen LogP contribution in [0.4, 0.5) is 5.69 Å². The zero-order valence-electron chi connectivity index (χ0n) is 21.8. The summed E-state index contributed by atoms with van der Waals surface area (Å²) in [5.74, 6) is 0.648. The molecule has 9 heteroatoms. The lowest BCUT2D eigenvalue weighted by atomic mass is 9.94. The van der Waals surface area contributed by atoms with E-state index in [9.17, 15) is 14.4 Å². The first-order chi connectivity index (χ1) is 17.7. The van der Waals surface area contributed by atoms with E-state index in [0.717, 1.165) is 11.3 Å². The average Bonchev–Trinajstić information content (AvgIpc) is 2.90. The molecule has 9 nitrogen and oxygen atoms in total. The zero-order valence-corrected chi connectivity index (χ0v) is 21.8. The van der Waals surface area contributed by atoms with E-state index >= 15 is 0 Å². The van der Waals surface area contributed by atoms with E-state index in [1.165, 1.54) is 0 Å². The molecule has 1 fully saturated rings. The highest BCUT2D eigenvalue weighted by atomic mass is 16.5. The number of benzene rings is 2. The van der Waals surface area contributed by atoms with Crippen LogP contribution in [0, 0.1) is 5.92 Å². The fourth-order valence-corrected chi connectivity index (χ4v) is 4.61. The molecule has 0 aliphatic carbocycles. The summed E-state index contributed by atoms with van der Waals surface area (Å²) in [7, 11) is 3.38. The minimum atomic E-state index is -0.351. The Kier molecular flexibility index (Phi) is 8.33. The third kappa shape index (κ3) is 6.40. The summed E-state index contributed by atoms with van der Waals surface area (Å²) in [5, 5.41) is 5.78. The Labute approximate surface area is 217 Å². The molecule has 0 unspecified atom stereocenters. The quantitative estimate of drug-likeness (QED) is 0.593. The average molecular weight is 510 g/mol. The largest absolute Gasteiger partial charge is 0.497 e. The molecule has 2 N–H and O–H groups in total. The van der Waals surface area contributed by atoms with Crippen LogP contribution >= 0.6 is 0 Å². The molecule has 0 radical (unpaired) electrons. The van der Waals surface area contributed by atoms with Gasteiger partial charge in [-0.1, -0.05) is 26.0 Å². The number of nitrogens with zero attached hydrogens (tertiary/aromatic N) is 1. The highest BCUT2D eigenvalue weighted by molar-refractivity contribution is 6.00. The number of likely N-dealkylation sites (N-methyl/N-ethyl adjacent to an activating group) is 1. The van der Waals surface area contributed by atoms with Crippen LogP contribution in [0.5, 0.6) is 11.5 Å². The van der Waals surface area contributed by atoms with Crippen molar-refractivity contribution in [2.75, 3.05) is 26.1 Å². The Balaban J connectivity index is 1.36. The van der Waals surface area contributed by atoms with Gasteiger partial charge in [0.25, 0.3) is 5.91 Å². The van der Waals surface area contributed by atoms with Crippen molar-refractivity contribution in [3.8, 4) is 11.5 Å². The van der Waals surface area contributed by atoms with Crippen molar-refractivity contribution in [2.45, 2.75) is 57.9 Å². The first-order valence-electron chi connectivity index (χ1n) is 12.6. The Morgan fingerprint density at radius 2 is 1.89 bits per heavy atom. The fraction of sp³-hybridized carbons (Fsp3) is 0.464. The van der Waals surface area contributed by atoms with Crippen molar-refractivity contribution >= 4 is 23.4 Å². The molecule has 1 saturated heterocycles. The summed E-state index contributed by atoms with van der Waals surface area (Å²) in [6.07, 6.45) is 0.997. The van der Waals surface area contributed by atoms with E-state index in [1.54, 1.807) is 37.3 Å². The number of carbonyl (C=O) groups is 3. The van der Waals surface area contributed by atoms with Crippen LogP contribution in [-0.4, -0.2) is 61.6 Å². The lowest BCUT2D eigenvalue weighted by Gasteiger charge is -2.42. The van der Waals surface area contributed by atoms with E-state index in [0.29, 0.717) is 36.4 Å². The summed E-state index contributed by atoms with van der Waals surface area (Å²) in [5.41, 5.74) is 1.95. The summed E-state index contributed by atoms with van der Waals surface area (Å²) < 4.78 is 17.4. The summed E-state index contributed by atoms with van der Waals surface area (Å²) in [4.78, 5) is 39.7. The molecule has 2 heterocycles. The molecule has 4 rings (SSSR count). The molecule has 198 valence electrons. The van der Waals surface area contributed by atoms with Crippen molar-refractivity contribution in [1.29, 1.82) is 0 Å². The van der Waals surface area contributed by atoms with E-state index in [2.05, 4.69) is 10.6 Å². The predicted molar refractivity (Wildman–Crippen MR) is 139 cm³/mol. The molecule has 0 saturated carbocycles. The Hall–Kier alpha value is -3.59. The maximum atomic E-state index is 13.3. The van der Waals surface area contributed by atoms with Crippen LogP contribution in [0.2, 0.25) is 0 Å².